The quantitative estimate of drug-likeness (QED) is 0.573. The van der Waals surface area contributed by atoms with Crippen molar-refractivity contribution in [3.8, 4) is 0 Å². The summed E-state index contributed by atoms with van der Waals surface area (Å²) < 4.78 is 10.6. The van der Waals surface area contributed by atoms with Crippen LogP contribution in [0.25, 0.3) is 0 Å². The molecule has 0 fully saturated rings. The van der Waals surface area contributed by atoms with Crippen molar-refractivity contribution in [2.24, 2.45) is 0 Å². The van der Waals surface area contributed by atoms with Gasteiger partial charge in [-0.15, -0.1) is 0 Å². The van der Waals surface area contributed by atoms with Crippen molar-refractivity contribution in [1.82, 2.24) is 0 Å². The number of amides is 1. The van der Waals surface area contributed by atoms with E-state index in [0.29, 0.717) is 5.69 Å². The van der Waals surface area contributed by atoms with E-state index >= 15 is 0 Å². The van der Waals surface area contributed by atoms with E-state index in [1.807, 2.05) is 6.07 Å². The minimum absolute atomic E-state index is 0.0476. The molecule has 0 bridgehead atoms. The Kier molecular flexibility index (Phi) is 6.30. The van der Waals surface area contributed by atoms with Crippen LogP contribution in [0.2, 0.25) is 0 Å². The van der Waals surface area contributed by atoms with Crippen LogP contribution in [0, 0.1) is 3.57 Å². The summed E-state index contributed by atoms with van der Waals surface area (Å²) in [5, 5.41) is 2.63. The maximum absolute atomic E-state index is 12.1. The van der Waals surface area contributed by atoms with E-state index < -0.39 is 24.5 Å². The van der Waals surface area contributed by atoms with Gasteiger partial charge in [0.1, 0.15) is 0 Å². The molecule has 0 spiro atoms. The van der Waals surface area contributed by atoms with Crippen molar-refractivity contribution >= 4 is 46.1 Å². The number of anilines is 1. The Morgan fingerprint density at radius 3 is 2.29 bits per heavy atom. The Labute approximate surface area is 152 Å². The highest BCUT2D eigenvalue weighted by molar-refractivity contribution is 14.1. The second-order valence-corrected chi connectivity index (χ2v) is 5.92. The zero-order valence-electron chi connectivity index (χ0n) is 12.7. The van der Waals surface area contributed by atoms with Crippen LogP contribution in [-0.4, -0.2) is 31.6 Å². The Bertz CT molecular complexity index is 775. The third kappa shape index (κ3) is 4.79. The van der Waals surface area contributed by atoms with Crippen molar-refractivity contribution in [2.75, 3.05) is 19.0 Å². The SMILES string of the molecule is COC(=O)c1ccccc1C(=O)OCC(=O)Nc1cccc(I)c1. The first-order chi connectivity index (χ1) is 11.5. The number of carbonyl (C=O) groups is 3. The van der Waals surface area contributed by atoms with E-state index in [4.69, 9.17) is 4.74 Å². The van der Waals surface area contributed by atoms with Gasteiger partial charge in [-0.3, -0.25) is 4.79 Å². The third-order valence-corrected chi connectivity index (χ3v) is 3.67. The van der Waals surface area contributed by atoms with E-state index in [-0.39, 0.29) is 11.1 Å². The molecule has 0 radical (unpaired) electrons. The monoisotopic (exact) mass is 439 g/mol. The van der Waals surface area contributed by atoms with Crippen LogP contribution in [0.4, 0.5) is 5.69 Å². The Morgan fingerprint density at radius 1 is 1.00 bits per heavy atom. The van der Waals surface area contributed by atoms with Gasteiger partial charge in [-0.25, -0.2) is 9.59 Å². The average Bonchev–Trinajstić information content (AvgIpc) is 2.59. The van der Waals surface area contributed by atoms with Crippen LogP contribution in [0.1, 0.15) is 20.7 Å². The lowest BCUT2D eigenvalue weighted by Crippen LogP contribution is -2.22. The molecule has 0 aliphatic heterocycles. The van der Waals surface area contributed by atoms with Gasteiger partial charge in [0.25, 0.3) is 5.91 Å². The third-order valence-electron chi connectivity index (χ3n) is 3.00. The van der Waals surface area contributed by atoms with Crippen molar-refractivity contribution in [3.05, 3.63) is 63.2 Å². The maximum Gasteiger partial charge on any atom is 0.339 e. The molecule has 0 aliphatic rings. The summed E-state index contributed by atoms with van der Waals surface area (Å²) in [6.07, 6.45) is 0. The van der Waals surface area contributed by atoms with Crippen LogP contribution < -0.4 is 5.32 Å². The van der Waals surface area contributed by atoms with Crippen LogP contribution >= 0.6 is 22.6 Å². The number of rotatable bonds is 5. The van der Waals surface area contributed by atoms with Gasteiger partial charge < -0.3 is 14.8 Å². The number of benzene rings is 2. The zero-order valence-corrected chi connectivity index (χ0v) is 14.9. The summed E-state index contributed by atoms with van der Waals surface area (Å²) in [5.74, 6) is -1.89. The first-order valence-corrected chi connectivity index (χ1v) is 7.99. The fourth-order valence-electron chi connectivity index (χ4n) is 1.92. The predicted molar refractivity (Wildman–Crippen MR) is 95.9 cm³/mol. The highest BCUT2D eigenvalue weighted by atomic mass is 127. The lowest BCUT2D eigenvalue weighted by Gasteiger charge is -2.09. The molecule has 0 heterocycles. The molecule has 1 N–H and O–H groups in total. The number of nitrogens with one attached hydrogen (secondary N) is 1. The molecule has 1 amide bonds. The highest BCUT2D eigenvalue weighted by Gasteiger charge is 2.19. The molecule has 24 heavy (non-hydrogen) atoms. The maximum atomic E-state index is 12.1. The van der Waals surface area contributed by atoms with E-state index in [1.54, 1.807) is 30.3 Å². The molecule has 0 saturated heterocycles. The normalized spacial score (nSPS) is 9.92. The van der Waals surface area contributed by atoms with Crippen molar-refractivity contribution in [3.63, 3.8) is 0 Å². The number of halogens is 1. The van der Waals surface area contributed by atoms with E-state index in [9.17, 15) is 14.4 Å². The van der Waals surface area contributed by atoms with E-state index in [0.717, 1.165) is 3.57 Å². The van der Waals surface area contributed by atoms with Gasteiger partial charge >= 0.3 is 11.9 Å². The van der Waals surface area contributed by atoms with Gasteiger partial charge in [0, 0.05) is 9.26 Å². The average molecular weight is 439 g/mol. The summed E-state index contributed by atoms with van der Waals surface area (Å²) >= 11 is 2.12. The molecule has 2 aromatic carbocycles. The molecule has 6 nitrogen and oxygen atoms in total. The summed E-state index contributed by atoms with van der Waals surface area (Å²) in [4.78, 5) is 35.6. The van der Waals surface area contributed by atoms with Gasteiger partial charge in [0.2, 0.25) is 0 Å². The number of methoxy groups -OCH3 is 1. The summed E-state index contributed by atoms with van der Waals surface area (Å²) in [6, 6.07) is 13.3. The number of carbonyl (C=O) groups excluding carboxylic acids is 3. The second-order valence-electron chi connectivity index (χ2n) is 4.67. The molecule has 2 rings (SSSR count). The zero-order chi connectivity index (χ0) is 17.5. The van der Waals surface area contributed by atoms with Gasteiger partial charge in [0.05, 0.1) is 18.2 Å². The lowest BCUT2D eigenvalue weighted by molar-refractivity contribution is -0.119. The molecule has 0 unspecified atom stereocenters. The molecule has 7 heteroatoms. The Hall–Kier alpha value is -2.42. The highest BCUT2D eigenvalue weighted by Crippen LogP contribution is 2.13. The molecule has 0 aromatic heterocycles. The first-order valence-electron chi connectivity index (χ1n) is 6.91. The van der Waals surface area contributed by atoms with E-state index in [1.165, 1.54) is 19.2 Å². The summed E-state index contributed by atoms with van der Waals surface area (Å²) in [5.41, 5.74) is 0.743. The topological polar surface area (TPSA) is 81.7 Å². The second kappa shape index (κ2) is 8.44. The van der Waals surface area contributed by atoms with Gasteiger partial charge in [-0.1, -0.05) is 18.2 Å². The number of ether oxygens (including phenoxy) is 2. The molecule has 0 atom stereocenters. The van der Waals surface area contributed by atoms with Crippen molar-refractivity contribution in [2.45, 2.75) is 0 Å². The first kappa shape index (κ1) is 17.9. The molecular weight excluding hydrogens is 425 g/mol. The number of esters is 2. The van der Waals surface area contributed by atoms with Crippen LogP contribution in [0.15, 0.2) is 48.5 Å². The minimum atomic E-state index is -0.770. The summed E-state index contributed by atoms with van der Waals surface area (Å²) in [6.45, 7) is -0.459. The van der Waals surface area contributed by atoms with Gasteiger partial charge in [-0.2, -0.15) is 0 Å². The molecular formula is C17H14INO5. The standard InChI is InChI=1S/C17H14INO5/c1-23-16(21)13-7-2-3-8-14(13)17(22)24-10-15(20)19-12-6-4-5-11(18)9-12/h2-9H,10H2,1H3,(H,19,20). The fraction of sp³-hybridized carbons (Fsp3) is 0.118. The Balaban J connectivity index is 1.98. The fourth-order valence-corrected chi connectivity index (χ4v) is 2.46. The van der Waals surface area contributed by atoms with Gasteiger partial charge in [-0.05, 0) is 52.9 Å². The minimum Gasteiger partial charge on any atom is -0.465 e. The molecule has 0 saturated carbocycles. The van der Waals surface area contributed by atoms with Crippen molar-refractivity contribution < 1.29 is 23.9 Å². The molecule has 2 aromatic rings. The number of hydrogen-bond acceptors (Lipinski definition) is 5. The van der Waals surface area contributed by atoms with Crippen LogP contribution in [0.3, 0.4) is 0 Å². The van der Waals surface area contributed by atoms with E-state index in [2.05, 4.69) is 32.6 Å². The van der Waals surface area contributed by atoms with Gasteiger partial charge in [0.15, 0.2) is 6.61 Å². The Morgan fingerprint density at radius 2 is 1.67 bits per heavy atom. The molecule has 124 valence electrons. The largest absolute Gasteiger partial charge is 0.465 e. The lowest BCUT2D eigenvalue weighted by atomic mass is 10.1. The van der Waals surface area contributed by atoms with Crippen LogP contribution in [0.5, 0.6) is 0 Å². The number of hydrogen-bond donors (Lipinski definition) is 1. The summed E-state index contributed by atoms with van der Waals surface area (Å²) in [7, 11) is 1.22. The van der Waals surface area contributed by atoms with Crippen LogP contribution in [-0.2, 0) is 14.3 Å². The predicted octanol–water partition coefficient (Wildman–Crippen LogP) is 2.87. The molecule has 0 aliphatic carbocycles. The van der Waals surface area contributed by atoms with Crippen molar-refractivity contribution in [1.29, 1.82) is 0 Å². The smallest absolute Gasteiger partial charge is 0.339 e.